The number of pyridine rings is 1. The first-order valence-corrected chi connectivity index (χ1v) is 9.24. The van der Waals surface area contributed by atoms with Crippen LogP contribution in [0.5, 0.6) is 11.5 Å². The lowest BCUT2D eigenvalue weighted by atomic mass is 10.1. The molecule has 4 nitrogen and oxygen atoms in total. The van der Waals surface area contributed by atoms with Crippen molar-refractivity contribution in [3.8, 4) is 17.6 Å². The highest BCUT2D eigenvalue weighted by atomic mass is 31.2. The fourth-order valence-electron chi connectivity index (χ4n) is 2.26. The fourth-order valence-corrected chi connectivity index (χ4v) is 3.75. The van der Waals surface area contributed by atoms with Gasteiger partial charge in [-0.25, -0.2) is 0 Å². The predicted octanol–water partition coefficient (Wildman–Crippen LogP) is 5.16. The molecule has 5 heteroatoms. The van der Waals surface area contributed by atoms with E-state index < -0.39 is 8.38 Å². The number of benzene rings is 2. The average molecular weight is 348 g/mol. The second kappa shape index (κ2) is 8.82. The van der Waals surface area contributed by atoms with Crippen LogP contribution in [0.4, 0.5) is 0 Å². The molecule has 3 rings (SSSR count). The zero-order valence-corrected chi connectivity index (χ0v) is 14.4. The molecule has 3 aromatic rings. The molecule has 25 heavy (non-hydrogen) atoms. The number of hydrogen-bond donors (Lipinski definition) is 0. The molecule has 0 aliphatic carbocycles. The van der Waals surface area contributed by atoms with Crippen molar-refractivity contribution in [2.45, 2.75) is 5.92 Å². The third kappa shape index (κ3) is 5.04. The minimum Gasteiger partial charge on any atom is -0.439 e. The van der Waals surface area contributed by atoms with Gasteiger partial charge in [0.25, 0.3) is 8.38 Å². The van der Waals surface area contributed by atoms with E-state index in [1.807, 2.05) is 72.8 Å². The second-order valence-electron chi connectivity index (χ2n) is 5.29. The van der Waals surface area contributed by atoms with Gasteiger partial charge in [0.05, 0.1) is 18.1 Å². The van der Waals surface area contributed by atoms with E-state index in [0.29, 0.717) is 6.16 Å². The number of nitriles is 1. The van der Waals surface area contributed by atoms with Gasteiger partial charge in [0, 0.05) is 12.4 Å². The Kier molecular flexibility index (Phi) is 5.98. The fraction of sp³-hybridized carbons (Fsp3) is 0.100. The van der Waals surface area contributed by atoms with Crippen LogP contribution in [0.25, 0.3) is 0 Å². The van der Waals surface area contributed by atoms with Crippen LogP contribution in [-0.4, -0.2) is 11.1 Å². The zero-order chi connectivity index (χ0) is 17.3. The van der Waals surface area contributed by atoms with Gasteiger partial charge in [0.15, 0.2) is 0 Å². The summed E-state index contributed by atoms with van der Waals surface area (Å²) in [6, 6.07) is 25.1. The lowest BCUT2D eigenvalue weighted by molar-refractivity contribution is 0.487. The van der Waals surface area contributed by atoms with Crippen LogP contribution in [-0.2, 0) is 0 Å². The van der Waals surface area contributed by atoms with Gasteiger partial charge >= 0.3 is 0 Å². The lowest BCUT2D eigenvalue weighted by Gasteiger charge is -2.21. The Bertz CT molecular complexity index is 766. The van der Waals surface area contributed by atoms with Gasteiger partial charge in [-0.05, 0) is 42.0 Å². The maximum atomic E-state index is 9.59. The Morgan fingerprint density at radius 2 is 1.36 bits per heavy atom. The normalized spacial score (nSPS) is 11.5. The van der Waals surface area contributed by atoms with Crippen LogP contribution >= 0.6 is 8.38 Å². The molecule has 0 radical (unpaired) electrons. The quantitative estimate of drug-likeness (QED) is 0.554. The van der Waals surface area contributed by atoms with Crippen LogP contribution in [0, 0.1) is 11.3 Å². The number of aromatic nitrogens is 1. The summed E-state index contributed by atoms with van der Waals surface area (Å²) in [5, 5.41) is 9.59. The SMILES string of the molecule is N#CC(CP(Oc1ccccc1)Oc1ccccc1)c1ccncc1. The Labute approximate surface area is 148 Å². The molecule has 0 aliphatic rings. The van der Waals surface area contributed by atoms with Gasteiger partial charge in [-0.1, -0.05) is 36.4 Å². The number of nitrogens with zero attached hydrogens (tertiary/aromatic N) is 2. The van der Waals surface area contributed by atoms with E-state index in [9.17, 15) is 5.26 Å². The van der Waals surface area contributed by atoms with Crippen LogP contribution < -0.4 is 9.05 Å². The molecule has 0 aliphatic heterocycles. The van der Waals surface area contributed by atoms with Crippen molar-refractivity contribution < 1.29 is 9.05 Å². The largest absolute Gasteiger partial charge is 0.439 e. The summed E-state index contributed by atoms with van der Waals surface area (Å²) in [6.45, 7) is 0. The third-order valence-corrected chi connectivity index (χ3v) is 4.99. The minimum absolute atomic E-state index is 0.318. The Balaban J connectivity index is 1.78. The summed E-state index contributed by atoms with van der Waals surface area (Å²) in [5.41, 5.74) is 0.915. The van der Waals surface area contributed by atoms with E-state index in [1.165, 1.54) is 0 Å². The van der Waals surface area contributed by atoms with Gasteiger partial charge in [0.2, 0.25) is 0 Å². The van der Waals surface area contributed by atoms with Gasteiger partial charge in [-0.2, -0.15) is 5.26 Å². The summed E-state index contributed by atoms with van der Waals surface area (Å²) in [6.07, 6.45) is 3.86. The van der Waals surface area contributed by atoms with E-state index in [4.69, 9.17) is 9.05 Å². The van der Waals surface area contributed by atoms with Crippen molar-refractivity contribution in [2.24, 2.45) is 0 Å². The zero-order valence-electron chi connectivity index (χ0n) is 13.5. The van der Waals surface area contributed by atoms with Crippen molar-refractivity contribution in [2.75, 3.05) is 6.16 Å². The molecule has 0 saturated heterocycles. The first-order chi connectivity index (χ1) is 12.3. The molecule has 1 unspecified atom stereocenters. The van der Waals surface area contributed by atoms with Gasteiger partial charge in [-0.3, -0.25) is 4.98 Å². The topological polar surface area (TPSA) is 55.1 Å². The van der Waals surface area contributed by atoms with Crippen LogP contribution in [0.15, 0.2) is 85.2 Å². The lowest BCUT2D eigenvalue weighted by Crippen LogP contribution is -2.07. The highest BCUT2D eigenvalue weighted by Gasteiger charge is 2.23. The van der Waals surface area contributed by atoms with E-state index in [2.05, 4.69) is 11.1 Å². The number of para-hydroxylation sites is 2. The summed E-state index contributed by atoms with van der Waals surface area (Å²) in [7, 11) is -1.32. The highest BCUT2D eigenvalue weighted by molar-refractivity contribution is 7.48. The molecule has 0 saturated carbocycles. The molecule has 1 atom stereocenters. The van der Waals surface area contributed by atoms with Gasteiger partial charge in [0.1, 0.15) is 11.5 Å². The average Bonchev–Trinajstić information content (AvgIpc) is 2.68. The molecule has 0 amide bonds. The Morgan fingerprint density at radius 3 is 1.84 bits per heavy atom. The van der Waals surface area contributed by atoms with E-state index in [0.717, 1.165) is 17.1 Å². The Morgan fingerprint density at radius 1 is 0.840 bits per heavy atom. The first-order valence-electron chi connectivity index (χ1n) is 7.88. The minimum atomic E-state index is -1.32. The van der Waals surface area contributed by atoms with Crippen LogP contribution in [0.3, 0.4) is 0 Å². The van der Waals surface area contributed by atoms with Gasteiger partial charge in [-0.15, -0.1) is 0 Å². The summed E-state index contributed by atoms with van der Waals surface area (Å²) < 4.78 is 12.1. The highest BCUT2D eigenvalue weighted by Crippen LogP contribution is 2.43. The van der Waals surface area contributed by atoms with Crippen molar-refractivity contribution in [3.63, 3.8) is 0 Å². The predicted molar refractivity (Wildman–Crippen MR) is 98.5 cm³/mol. The van der Waals surface area contributed by atoms with Crippen molar-refractivity contribution in [1.82, 2.24) is 4.98 Å². The number of hydrogen-bond acceptors (Lipinski definition) is 4. The van der Waals surface area contributed by atoms with Crippen LogP contribution in [0.2, 0.25) is 0 Å². The van der Waals surface area contributed by atoms with Crippen molar-refractivity contribution in [3.05, 3.63) is 90.8 Å². The molecular formula is C20H17N2O2P. The molecule has 0 N–H and O–H groups in total. The maximum Gasteiger partial charge on any atom is 0.292 e. The third-order valence-electron chi connectivity index (χ3n) is 3.50. The van der Waals surface area contributed by atoms with Crippen molar-refractivity contribution in [1.29, 1.82) is 5.26 Å². The second-order valence-corrected chi connectivity index (χ2v) is 6.68. The summed E-state index contributed by atoms with van der Waals surface area (Å²) in [4.78, 5) is 4.01. The van der Waals surface area contributed by atoms with E-state index in [1.54, 1.807) is 12.4 Å². The first kappa shape index (κ1) is 17.0. The molecule has 1 aromatic heterocycles. The molecular weight excluding hydrogens is 331 g/mol. The Hall–Kier alpha value is -2.89. The standard InChI is InChI=1S/C20H17N2O2P/c21-15-18(17-11-13-22-14-12-17)16-25(23-19-7-3-1-4-8-19)24-20-9-5-2-6-10-20/h1-14,18H,16H2. The molecule has 2 aromatic carbocycles. The smallest absolute Gasteiger partial charge is 0.292 e. The molecule has 0 bridgehead atoms. The maximum absolute atomic E-state index is 9.59. The molecule has 124 valence electrons. The molecule has 0 spiro atoms. The van der Waals surface area contributed by atoms with Crippen LogP contribution in [0.1, 0.15) is 11.5 Å². The van der Waals surface area contributed by atoms with Gasteiger partial charge < -0.3 is 9.05 Å². The number of rotatable bonds is 7. The monoisotopic (exact) mass is 348 g/mol. The van der Waals surface area contributed by atoms with E-state index in [-0.39, 0.29) is 5.92 Å². The van der Waals surface area contributed by atoms with E-state index >= 15 is 0 Å². The molecule has 0 fully saturated rings. The summed E-state index contributed by atoms with van der Waals surface area (Å²) in [5.74, 6) is 1.15. The molecule has 1 heterocycles. The summed E-state index contributed by atoms with van der Waals surface area (Å²) >= 11 is 0. The van der Waals surface area contributed by atoms with Crippen molar-refractivity contribution >= 4 is 8.38 Å².